The highest BCUT2D eigenvalue weighted by atomic mass is 19.1. The van der Waals surface area contributed by atoms with E-state index in [-0.39, 0.29) is 5.82 Å². The molecule has 1 heterocycles. The first-order valence-corrected chi connectivity index (χ1v) is 9.60. The number of nitrogens with one attached hydrogen (secondary N) is 1. The summed E-state index contributed by atoms with van der Waals surface area (Å²) >= 11 is 0. The summed E-state index contributed by atoms with van der Waals surface area (Å²) in [7, 11) is 0. The van der Waals surface area contributed by atoms with E-state index >= 15 is 0 Å². The van der Waals surface area contributed by atoms with Gasteiger partial charge in [0.15, 0.2) is 5.82 Å². The van der Waals surface area contributed by atoms with E-state index in [0.717, 1.165) is 27.9 Å². The lowest BCUT2D eigenvalue weighted by Crippen LogP contribution is -2.14. The Labute approximate surface area is 174 Å². The number of carbonyl (C=O) groups excluding carboxylic acids is 1. The van der Waals surface area contributed by atoms with Crippen LogP contribution < -0.4 is 5.32 Å². The van der Waals surface area contributed by atoms with Crippen LogP contribution in [0.2, 0.25) is 0 Å². The first-order valence-electron chi connectivity index (χ1n) is 9.60. The van der Waals surface area contributed by atoms with Gasteiger partial charge in [-0.2, -0.15) is 0 Å². The van der Waals surface area contributed by atoms with E-state index in [1.807, 2.05) is 63.2 Å². The highest BCUT2D eigenvalue weighted by molar-refractivity contribution is 6.01. The third kappa shape index (κ3) is 3.85. The van der Waals surface area contributed by atoms with E-state index in [9.17, 15) is 9.18 Å². The van der Waals surface area contributed by atoms with Crippen molar-refractivity contribution in [2.75, 3.05) is 5.32 Å². The van der Waals surface area contributed by atoms with Crippen molar-refractivity contribution < 1.29 is 9.18 Å². The predicted octanol–water partition coefficient (Wildman–Crippen LogP) is 5.25. The van der Waals surface area contributed by atoms with Gasteiger partial charge in [0.1, 0.15) is 5.82 Å². The number of carbonyl (C=O) groups is 1. The van der Waals surface area contributed by atoms with Crippen molar-refractivity contribution in [2.24, 2.45) is 0 Å². The molecular formula is C24H21FN4O. The lowest BCUT2D eigenvalue weighted by Gasteiger charge is -2.11. The summed E-state index contributed by atoms with van der Waals surface area (Å²) in [6, 6.07) is 19.5. The predicted molar refractivity (Wildman–Crippen MR) is 115 cm³/mol. The molecule has 0 fully saturated rings. The van der Waals surface area contributed by atoms with Gasteiger partial charge in [0.25, 0.3) is 5.91 Å². The molecule has 3 aromatic carbocycles. The summed E-state index contributed by atoms with van der Waals surface area (Å²) in [5, 5.41) is 7.16. The Morgan fingerprint density at radius 1 is 0.967 bits per heavy atom. The van der Waals surface area contributed by atoms with Crippen LogP contribution >= 0.6 is 0 Å². The molecule has 1 aromatic heterocycles. The highest BCUT2D eigenvalue weighted by Crippen LogP contribution is 2.25. The lowest BCUT2D eigenvalue weighted by molar-refractivity contribution is 0.101. The zero-order valence-corrected chi connectivity index (χ0v) is 17.0. The van der Waals surface area contributed by atoms with Gasteiger partial charge < -0.3 is 5.32 Å². The van der Waals surface area contributed by atoms with E-state index < -0.39 is 11.7 Å². The average molecular weight is 400 g/mol. The zero-order chi connectivity index (χ0) is 21.3. The Morgan fingerprint density at radius 3 is 2.43 bits per heavy atom. The number of hydrogen-bond acceptors (Lipinski definition) is 3. The molecule has 0 radical (unpaired) electrons. The van der Waals surface area contributed by atoms with Crippen LogP contribution in [0.15, 0.2) is 66.7 Å². The van der Waals surface area contributed by atoms with Gasteiger partial charge >= 0.3 is 0 Å². The van der Waals surface area contributed by atoms with Crippen LogP contribution in [0.3, 0.4) is 0 Å². The van der Waals surface area contributed by atoms with Gasteiger partial charge in [-0.25, -0.2) is 14.1 Å². The summed E-state index contributed by atoms with van der Waals surface area (Å²) in [6.45, 7) is 6.05. The first kappa shape index (κ1) is 19.5. The molecule has 0 aliphatic rings. The molecule has 5 nitrogen and oxygen atoms in total. The molecule has 0 atom stereocenters. The molecule has 0 aliphatic carbocycles. The number of benzene rings is 3. The monoisotopic (exact) mass is 400 g/mol. The van der Waals surface area contributed by atoms with Crippen molar-refractivity contribution in [1.29, 1.82) is 0 Å². The number of amides is 1. The van der Waals surface area contributed by atoms with Gasteiger partial charge in [-0.15, -0.1) is 5.10 Å². The summed E-state index contributed by atoms with van der Waals surface area (Å²) in [6.07, 6.45) is 0. The number of aromatic nitrogens is 3. The third-order valence-corrected chi connectivity index (χ3v) is 5.01. The van der Waals surface area contributed by atoms with Gasteiger partial charge in [0, 0.05) is 11.3 Å². The van der Waals surface area contributed by atoms with Gasteiger partial charge in [0.05, 0.1) is 5.69 Å². The zero-order valence-electron chi connectivity index (χ0n) is 17.0. The topological polar surface area (TPSA) is 59.8 Å². The van der Waals surface area contributed by atoms with Crippen LogP contribution in [0.4, 0.5) is 10.1 Å². The number of halogens is 1. The molecule has 1 N–H and O–H groups in total. The summed E-state index contributed by atoms with van der Waals surface area (Å²) in [4.78, 5) is 17.3. The molecule has 0 saturated heterocycles. The molecule has 0 spiro atoms. The fourth-order valence-corrected chi connectivity index (χ4v) is 3.18. The molecule has 0 unspecified atom stereocenters. The Bertz CT molecular complexity index is 1230. The number of aryl methyl sites for hydroxylation is 2. The highest BCUT2D eigenvalue weighted by Gasteiger charge is 2.20. The van der Waals surface area contributed by atoms with E-state index in [1.54, 1.807) is 10.7 Å². The fourth-order valence-electron chi connectivity index (χ4n) is 3.18. The van der Waals surface area contributed by atoms with Crippen LogP contribution in [0.1, 0.15) is 27.3 Å². The van der Waals surface area contributed by atoms with Crippen LogP contribution in [0.5, 0.6) is 0 Å². The summed E-state index contributed by atoms with van der Waals surface area (Å²) < 4.78 is 15.1. The van der Waals surface area contributed by atoms with Crippen molar-refractivity contribution in [2.45, 2.75) is 20.8 Å². The van der Waals surface area contributed by atoms with Crippen molar-refractivity contribution >= 4 is 11.6 Å². The van der Waals surface area contributed by atoms with E-state index in [2.05, 4.69) is 15.4 Å². The van der Waals surface area contributed by atoms with Gasteiger partial charge in [-0.05, 0) is 56.2 Å². The molecule has 4 aromatic rings. The molecule has 1 amide bonds. The quantitative estimate of drug-likeness (QED) is 0.509. The third-order valence-electron chi connectivity index (χ3n) is 5.01. The van der Waals surface area contributed by atoms with Crippen molar-refractivity contribution in [1.82, 2.24) is 14.8 Å². The standard InChI is InChI=1S/C24H21FN4O/c1-15-10-12-18(13-11-15)23-27-22(24(30)26-20-8-5-7-19(25)14-20)28-29(23)21-9-4-6-16(2)17(21)3/h4-14H,1-3H3,(H,26,30). The van der Waals surface area contributed by atoms with Crippen molar-refractivity contribution in [3.63, 3.8) is 0 Å². The fraction of sp³-hybridized carbons (Fsp3) is 0.125. The lowest BCUT2D eigenvalue weighted by atomic mass is 10.1. The first-order chi connectivity index (χ1) is 14.4. The van der Waals surface area contributed by atoms with Crippen molar-refractivity contribution in [3.8, 4) is 17.1 Å². The minimum Gasteiger partial charge on any atom is -0.319 e. The largest absolute Gasteiger partial charge is 0.319 e. The molecule has 30 heavy (non-hydrogen) atoms. The van der Waals surface area contributed by atoms with Crippen LogP contribution in [0.25, 0.3) is 17.1 Å². The number of rotatable bonds is 4. The van der Waals surface area contributed by atoms with Gasteiger partial charge in [0.2, 0.25) is 5.82 Å². The molecule has 4 rings (SSSR count). The minimum absolute atomic E-state index is 0.00995. The summed E-state index contributed by atoms with van der Waals surface area (Å²) in [5.74, 6) is -0.358. The second-order valence-corrected chi connectivity index (χ2v) is 7.22. The molecule has 0 aliphatic heterocycles. The van der Waals surface area contributed by atoms with Crippen molar-refractivity contribution in [3.05, 3.63) is 95.1 Å². The maximum Gasteiger partial charge on any atom is 0.295 e. The molecule has 150 valence electrons. The molecular weight excluding hydrogens is 379 g/mol. The van der Waals surface area contributed by atoms with E-state index in [0.29, 0.717) is 11.5 Å². The Kier molecular flexibility index (Phi) is 5.14. The maximum absolute atomic E-state index is 13.5. The number of anilines is 1. The molecule has 0 bridgehead atoms. The summed E-state index contributed by atoms with van der Waals surface area (Å²) in [5.41, 5.74) is 5.33. The SMILES string of the molecule is Cc1ccc(-c2nc(C(=O)Nc3cccc(F)c3)nn2-c2cccc(C)c2C)cc1. The Balaban J connectivity index is 1.80. The molecule has 6 heteroatoms. The van der Waals surface area contributed by atoms with E-state index in [4.69, 9.17) is 0 Å². The van der Waals surface area contributed by atoms with E-state index in [1.165, 1.54) is 18.2 Å². The van der Waals surface area contributed by atoms with Gasteiger partial charge in [-0.3, -0.25) is 4.79 Å². The second kappa shape index (κ2) is 7.91. The minimum atomic E-state index is -0.502. The van der Waals surface area contributed by atoms with Crippen LogP contribution in [0, 0.1) is 26.6 Å². The average Bonchev–Trinajstić information content (AvgIpc) is 3.16. The molecule has 0 saturated carbocycles. The maximum atomic E-state index is 13.5. The number of nitrogens with zero attached hydrogens (tertiary/aromatic N) is 3. The number of hydrogen-bond donors (Lipinski definition) is 1. The Morgan fingerprint density at radius 2 is 1.70 bits per heavy atom. The van der Waals surface area contributed by atoms with Crippen LogP contribution in [-0.4, -0.2) is 20.7 Å². The van der Waals surface area contributed by atoms with Crippen LogP contribution in [-0.2, 0) is 0 Å². The second-order valence-electron chi connectivity index (χ2n) is 7.22. The van der Waals surface area contributed by atoms with Gasteiger partial charge in [-0.1, -0.05) is 48.0 Å². The normalized spacial score (nSPS) is 10.8. The smallest absolute Gasteiger partial charge is 0.295 e. The Hall–Kier alpha value is -3.80.